The number of guanidine groups is 1. The van der Waals surface area contributed by atoms with E-state index in [0.29, 0.717) is 18.4 Å². The normalized spacial score (nSPS) is 12.7. The zero-order valence-electron chi connectivity index (χ0n) is 16.5. The fourth-order valence-corrected chi connectivity index (χ4v) is 2.50. The van der Waals surface area contributed by atoms with Gasteiger partial charge in [-0.1, -0.05) is 44.2 Å². The van der Waals surface area contributed by atoms with Gasteiger partial charge in [-0.2, -0.15) is 0 Å². The molecular weight excluding hydrogens is 328 g/mol. The molecule has 1 atom stereocenters. The number of hydrogen-bond acceptors (Lipinski definition) is 3. The molecule has 26 heavy (non-hydrogen) atoms. The molecule has 0 heterocycles. The second kappa shape index (κ2) is 13.2. The maximum atomic E-state index is 12.0. The van der Waals surface area contributed by atoms with E-state index in [1.807, 2.05) is 44.2 Å². The predicted octanol–water partition coefficient (Wildman–Crippen LogP) is 2.31. The second-order valence-electron chi connectivity index (χ2n) is 6.41. The number of benzene rings is 1. The molecule has 0 aliphatic rings. The van der Waals surface area contributed by atoms with Crippen molar-refractivity contribution in [2.45, 2.75) is 46.8 Å². The van der Waals surface area contributed by atoms with Crippen molar-refractivity contribution in [3.05, 3.63) is 35.9 Å². The average molecular weight is 363 g/mol. The van der Waals surface area contributed by atoms with Gasteiger partial charge < -0.3 is 20.7 Å². The Morgan fingerprint density at radius 2 is 1.85 bits per heavy atom. The van der Waals surface area contributed by atoms with Crippen LogP contribution in [0.4, 0.5) is 0 Å². The van der Waals surface area contributed by atoms with Gasteiger partial charge in [-0.25, -0.2) is 4.99 Å². The number of aliphatic imine (C=N–C) groups is 1. The van der Waals surface area contributed by atoms with Crippen molar-refractivity contribution in [2.24, 2.45) is 10.9 Å². The molecule has 0 saturated heterocycles. The Balaban J connectivity index is 2.40. The topological polar surface area (TPSA) is 74.8 Å². The van der Waals surface area contributed by atoms with Crippen molar-refractivity contribution in [3.8, 4) is 0 Å². The summed E-state index contributed by atoms with van der Waals surface area (Å²) in [6.07, 6.45) is 1.13. The number of nitrogens with zero attached hydrogens (tertiary/aromatic N) is 1. The van der Waals surface area contributed by atoms with Gasteiger partial charge in [-0.15, -0.1) is 0 Å². The van der Waals surface area contributed by atoms with Gasteiger partial charge in [-0.05, 0) is 31.7 Å². The highest BCUT2D eigenvalue weighted by Crippen LogP contribution is 2.09. The van der Waals surface area contributed by atoms with Crippen LogP contribution in [0.5, 0.6) is 0 Å². The maximum Gasteiger partial charge on any atom is 0.242 e. The molecule has 1 rings (SSSR count). The Bertz CT molecular complexity index is 532. The standard InChI is InChI=1S/C20H34N4O2/c1-5-21-20(22-13-12-18(16(3)4)26-6-2)24-15-19(25)23-14-17-10-8-7-9-11-17/h7-11,16,18H,5-6,12-15H2,1-4H3,(H,23,25)(H2,21,22,24). The van der Waals surface area contributed by atoms with Gasteiger partial charge in [-0.3, -0.25) is 4.79 Å². The molecule has 6 nitrogen and oxygen atoms in total. The van der Waals surface area contributed by atoms with E-state index in [9.17, 15) is 4.79 Å². The minimum atomic E-state index is -0.0968. The van der Waals surface area contributed by atoms with Gasteiger partial charge in [0.15, 0.2) is 5.96 Å². The van der Waals surface area contributed by atoms with Crippen LogP contribution in [0.15, 0.2) is 35.3 Å². The minimum absolute atomic E-state index is 0.0968. The minimum Gasteiger partial charge on any atom is -0.378 e. The lowest BCUT2D eigenvalue weighted by Crippen LogP contribution is -2.40. The summed E-state index contributed by atoms with van der Waals surface area (Å²) < 4.78 is 5.75. The Morgan fingerprint density at radius 3 is 2.46 bits per heavy atom. The first-order chi connectivity index (χ1) is 12.6. The summed E-state index contributed by atoms with van der Waals surface area (Å²) in [7, 11) is 0. The molecule has 6 heteroatoms. The first kappa shape index (κ1) is 22.0. The molecule has 0 aliphatic carbocycles. The fourth-order valence-electron chi connectivity index (χ4n) is 2.50. The molecule has 3 N–H and O–H groups in total. The third-order valence-electron chi connectivity index (χ3n) is 3.90. The number of hydrogen-bond donors (Lipinski definition) is 3. The summed E-state index contributed by atoms with van der Waals surface area (Å²) >= 11 is 0. The third-order valence-corrected chi connectivity index (χ3v) is 3.90. The van der Waals surface area contributed by atoms with E-state index in [1.54, 1.807) is 0 Å². The van der Waals surface area contributed by atoms with Crippen LogP contribution in [0.1, 0.15) is 39.7 Å². The monoisotopic (exact) mass is 362 g/mol. The van der Waals surface area contributed by atoms with E-state index in [0.717, 1.165) is 31.7 Å². The Hall–Kier alpha value is -2.08. The lowest BCUT2D eigenvalue weighted by atomic mass is 10.0. The fraction of sp³-hybridized carbons (Fsp3) is 0.600. The molecular formula is C20H34N4O2. The molecule has 0 spiro atoms. The summed E-state index contributed by atoms with van der Waals surface area (Å²) in [4.78, 5) is 16.3. The highest BCUT2D eigenvalue weighted by atomic mass is 16.5. The van der Waals surface area contributed by atoms with Crippen LogP contribution in [0, 0.1) is 5.92 Å². The third kappa shape index (κ3) is 9.42. The van der Waals surface area contributed by atoms with Gasteiger partial charge in [0.25, 0.3) is 0 Å². The molecule has 0 fully saturated rings. The highest BCUT2D eigenvalue weighted by molar-refractivity contribution is 5.84. The SMILES string of the molecule is CCNC(=NCC(=O)NCc1ccccc1)NCCC(OCC)C(C)C. The van der Waals surface area contributed by atoms with Crippen LogP contribution in [-0.4, -0.2) is 44.2 Å². The van der Waals surface area contributed by atoms with Crippen LogP contribution in [0.2, 0.25) is 0 Å². The zero-order valence-corrected chi connectivity index (χ0v) is 16.5. The zero-order chi connectivity index (χ0) is 19.2. The van der Waals surface area contributed by atoms with Crippen LogP contribution < -0.4 is 16.0 Å². The van der Waals surface area contributed by atoms with Crippen LogP contribution in [-0.2, 0) is 16.1 Å². The predicted molar refractivity (Wildman–Crippen MR) is 107 cm³/mol. The number of carbonyl (C=O) groups is 1. The van der Waals surface area contributed by atoms with E-state index < -0.39 is 0 Å². The van der Waals surface area contributed by atoms with Crippen molar-refractivity contribution < 1.29 is 9.53 Å². The highest BCUT2D eigenvalue weighted by Gasteiger charge is 2.13. The number of carbonyl (C=O) groups excluding carboxylic acids is 1. The number of ether oxygens (including phenoxy) is 1. The molecule has 146 valence electrons. The molecule has 1 unspecified atom stereocenters. The van der Waals surface area contributed by atoms with Crippen molar-refractivity contribution >= 4 is 11.9 Å². The maximum absolute atomic E-state index is 12.0. The first-order valence-corrected chi connectivity index (χ1v) is 9.51. The van der Waals surface area contributed by atoms with E-state index in [4.69, 9.17) is 4.74 Å². The summed E-state index contributed by atoms with van der Waals surface area (Å²) in [6.45, 7) is 11.2. The van der Waals surface area contributed by atoms with E-state index in [-0.39, 0.29) is 18.6 Å². The molecule has 0 aromatic heterocycles. The van der Waals surface area contributed by atoms with Crippen molar-refractivity contribution in [2.75, 3.05) is 26.2 Å². The second-order valence-corrected chi connectivity index (χ2v) is 6.41. The first-order valence-electron chi connectivity index (χ1n) is 9.51. The molecule has 0 radical (unpaired) electrons. The molecule has 1 amide bonds. The molecule has 1 aromatic carbocycles. The van der Waals surface area contributed by atoms with Gasteiger partial charge in [0.05, 0.1) is 6.10 Å². The molecule has 1 aromatic rings. The smallest absolute Gasteiger partial charge is 0.242 e. The largest absolute Gasteiger partial charge is 0.378 e. The van der Waals surface area contributed by atoms with Crippen LogP contribution in [0.25, 0.3) is 0 Å². The number of nitrogens with one attached hydrogen (secondary N) is 3. The summed E-state index contributed by atoms with van der Waals surface area (Å²) in [6, 6.07) is 9.84. The summed E-state index contributed by atoms with van der Waals surface area (Å²) in [5, 5.41) is 9.32. The van der Waals surface area contributed by atoms with Gasteiger partial charge in [0.2, 0.25) is 5.91 Å². The number of rotatable bonds is 11. The lowest BCUT2D eigenvalue weighted by molar-refractivity contribution is -0.119. The van der Waals surface area contributed by atoms with Crippen LogP contribution >= 0.6 is 0 Å². The lowest BCUT2D eigenvalue weighted by Gasteiger charge is -2.21. The van der Waals surface area contributed by atoms with E-state index in [1.165, 1.54) is 0 Å². The molecule has 0 saturated carbocycles. The Kier molecular flexibility index (Phi) is 11.1. The van der Waals surface area contributed by atoms with Crippen molar-refractivity contribution in [1.82, 2.24) is 16.0 Å². The van der Waals surface area contributed by atoms with Crippen LogP contribution in [0.3, 0.4) is 0 Å². The van der Waals surface area contributed by atoms with Gasteiger partial charge in [0.1, 0.15) is 6.54 Å². The van der Waals surface area contributed by atoms with Gasteiger partial charge in [0, 0.05) is 26.2 Å². The number of amides is 1. The van der Waals surface area contributed by atoms with E-state index in [2.05, 4.69) is 34.8 Å². The van der Waals surface area contributed by atoms with Gasteiger partial charge >= 0.3 is 0 Å². The quantitative estimate of drug-likeness (QED) is 0.417. The molecule has 0 aliphatic heterocycles. The molecule has 0 bridgehead atoms. The van der Waals surface area contributed by atoms with E-state index >= 15 is 0 Å². The summed E-state index contributed by atoms with van der Waals surface area (Å²) in [5.41, 5.74) is 1.07. The Morgan fingerprint density at radius 1 is 1.12 bits per heavy atom. The Labute approximate surface area is 157 Å². The summed E-state index contributed by atoms with van der Waals surface area (Å²) in [5.74, 6) is 1.03. The van der Waals surface area contributed by atoms with Crippen molar-refractivity contribution in [1.29, 1.82) is 0 Å². The van der Waals surface area contributed by atoms with Crippen molar-refractivity contribution in [3.63, 3.8) is 0 Å². The average Bonchev–Trinajstić information content (AvgIpc) is 2.64.